The van der Waals surface area contributed by atoms with Crippen molar-refractivity contribution in [2.45, 2.75) is 44.6 Å². The van der Waals surface area contributed by atoms with Crippen LogP contribution in [0, 0.1) is 0 Å². The maximum absolute atomic E-state index is 10.7. The number of hydrogen-bond acceptors (Lipinski definition) is 6. The summed E-state index contributed by atoms with van der Waals surface area (Å²) in [5, 5.41) is 0. The van der Waals surface area contributed by atoms with Crippen LogP contribution in [0.1, 0.15) is 42.5 Å². The molecule has 3 aromatic rings. The quantitative estimate of drug-likeness (QED) is 0.442. The minimum atomic E-state index is -0.0276. The zero-order valence-corrected chi connectivity index (χ0v) is 20.1. The number of rotatable bonds is 9. The van der Waals surface area contributed by atoms with E-state index in [4.69, 9.17) is 19.9 Å². The van der Waals surface area contributed by atoms with Crippen LogP contribution in [-0.4, -0.2) is 31.8 Å². The van der Waals surface area contributed by atoms with E-state index < -0.39 is 0 Å². The minimum absolute atomic E-state index is 0.0269. The molecule has 2 aliphatic heterocycles. The second kappa shape index (κ2) is 10.1. The summed E-state index contributed by atoms with van der Waals surface area (Å²) in [6.07, 6.45) is 2.20. The van der Waals surface area contributed by atoms with E-state index >= 15 is 0 Å². The van der Waals surface area contributed by atoms with Crippen molar-refractivity contribution < 1.29 is 19.0 Å². The fourth-order valence-corrected chi connectivity index (χ4v) is 4.93. The topological polar surface area (TPSA) is 74.0 Å². The molecule has 6 heteroatoms. The number of carbonyl (C=O) groups is 1. The molecule has 0 amide bonds. The molecular formula is C29H32N2O4. The number of benzene rings is 3. The standard InChI is InChI=1S/C29H32N2O4/c1-21(30)23-6-4-7-24(15-23)26-13-22(17-34-28-8-3-2-5-25(28)18-33-20-32)14-27(16-26)31-11-9-29(19-31)10-12-35-29/h2-8,13-16,20-21H,9-12,17-19,30H2,1H3/t21-,29?/m0/s1. The van der Waals surface area contributed by atoms with Gasteiger partial charge in [-0.1, -0.05) is 36.4 Å². The number of carbonyl (C=O) groups excluding carboxylic acids is 1. The Balaban J connectivity index is 1.44. The molecule has 5 rings (SSSR count). The lowest BCUT2D eigenvalue weighted by molar-refractivity contribution is -0.130. The van der Waals surface area contributed by atoms with Crippen LogP contribution >= 0.6 is 0 Å². The second-order valence-electron chi connectivity index (χ2n) is 9.56. The summed E-state index contributed by atoms with van der Waals surface area (Å²) in [5.41, 5.74) is 12.7. The Morgan fingerprint density at radius 2 is 1.91 bits per heavy atom. The van der Waals surface area contributed by atoms with Crippen molar-refractivity contribution in [1.82, 2.24) is 0 Å². The molecule has 35 heavy (non-hydrogen) atoms. The van der Waals surface area contributed by atoms with Crippen molar-refractivity contribution >= 4 is 12.2 Å². The van der Waals surface area contributed by atoms with Gasteiger partial charge in [-0.25, -0.2) is 0 Å². The largest absolute Gasteiger partial charge is 0.488 e. The van der Waals surface area contributed by atoms with Gasteiger partial charge in [0.2, 0.25) is 0 Å². The van der Waals surface area contributed by atoms with Crippen LogP contribution in [0.2, 0.25) is 0 Å². The molecule has 0 aromatic heterocycles. The molecule has 2 atom stereocenters. The molecule has 0 bridgehead atoms. The van der Waals surface area contributed by atoms with Gasteiger partial charge >= 0.3 is 0 Å². The van der Waals surface area contributed by atoms with Gasteiger partial charge in [-0.05, 0) is 65.9 Å². The third-order valence-electron chi connectivity index (χ3n) is 7.04. The molecule has 182 valence electrons. The maximum atomic E-state index is 10.7. The van der Waals surface area contributed by atoms with E-state index in [2.05, 4.69) is 47.4 Å². The molecule has 2 heterocycles. The Morgan fingerprint density at radius 1 is 1.06 bits per heavy atom. The third-order valence-corrected chi connectivity index (χ3v) is 7.04. The highest BCUT2D eigenvalue weighted by Gasteiger charge is 2.44. The number of ether oxygens (including phenoxy) is 3. The molecule has 6 nitrogen and oxygen atoms in total. The van der Waals surface area contributed by atoms with Crippen LogP contribution in [0.15, 0.2) is 66.7 Å². The predicted octanol–water partition coefficient (Wildman–Crippen LogP) is 4.99. The van der Waals surface area contributed by atoms with Gasteiger partial charge < -0.3 is 24.8 Å². The van der Waals surface area contributed by atoms with Gasteiger partial charge in [0.25, 0.3) is 6.47 Å². The fraction of sp³-hybridized carbons (Fsp3) is 0.345. The Bertz CT molecular complexity index is 1190. The third kappa shape index (κ3) is 5.19. The number of hydrogen-bond donors (Lipinski definition) is 1. The highest BCUT2D eigenvalue weighted by atomic mass is 16.5. The van der Waals surface area contributed by atoms with Gasteiger partial charge in [0.05, 0.1) is 12.2 Å². The summed E-state index contributed by atoms with van der Waals surface area (Å²) in [6, 6.07) is 22.7. The summed E-state index contributed by atoms with van der Waals surface area (Å²) < 4.78 is 17.1. The smallest absolute Gasteiger partial charge is 0.293 e. The summed E-state index contributed by atoms with van der Waals surface area (Å²) in [6.45, 7) is 5.81. The van der Waals surface area contributed by atoms with E-state index in [0.29, 0.717) is 18.8 Å². The average Bonchev–Trinajstić information content (AvgIpc) is 3.33. The Morgan fingerprint density at radius 3 is 2.66 bits per heavy atom. The zero-order chi connectivity index (χ0) is 24.3. The Kier molecular flexibility index (Phi) is 6.75. The van der Waals surface area contributed by atoms with E-state index in [9.17, 15) is 4.79 Å². The number of nitrogens with zero attached hydrogens (tertiary/aromatic N) is 1. The summed E-state index contributed by atoms with van der Waals surface area (Å²) in [7, 11) is 0. The maximum Gasteiger partial charge on any atom is 0.293 e. The monoisotopic (exact) mass is 472 g/mol. The summed E-state index contributed by atoms with van der Waals surface area (Å²) in [5.74, 6) is 0.711. The van der Waals surface area contributed by atoms with E-state index in [0.717, 1.165) is 60.4 Å². The van der Waals surface area contributed by atoms with Crippen LogP contribution in [0.25, 0.3) is 11.1 Å². The first-order valence-electron chi connectivity index (χ1n) is 12.2. The van der Waals surface area contributed by atoms with Crippen molar-refractivity contribution in [3.63, 3.8) is 0 Å². The molecule has 0 saturated carbocycles. The zero-order valence-electron chi connectivity index (χ0n) is 20.1. The van der Waals surface area contributed by atoms with Crippen molar-refractivity contribution in [2.24, 2.45) is 5.73 Å². The van der Waals surface area contributed by atoms with Crippen LogP contribution in [-0.2, 0) is 27.5 Å². The molecule has 1 spiro atoms. The van der Waals surface area contributed by atoms with Gasteiger partial charge in [-0.2, -0.15) is 0 Å². The fourth-order valence-electron chi connectivity index (χ4n) is 4.93. The number of para-hydroxylation sites is 1. The van der Waals surface area contributed by atoms with Crippen molar-refractivity contribution in [3.05, 3.63) is 83.4 Å². The minimum Gasteiger partial charge on any atom is -0.488 e. The first kappa shape index (κ1) is 23.4. The lowest BCUT2D eigenvalue weighted by Crippen LogP contribution is -2.45. The first-order valence-corrected chi connectivity index (χ1v) is 12.2. The second-order valence-corrected chi connectivity index (χ2v) is 9.56. The van der Waals surface area contributed by atoms with Crippen LogP contribution in [0.5, 0.6) is 5.75 Å². The summed E-state index contributed by atoms with van der Waals surface area (Å²) >= 11 is 0. The van der Waals surface area contributed by atoms with Gasteiger partial charge in [0.15, 0.2) is 0 Å². The van der Waals surface area contributed by atoms with Gasteiger partial charge in [0, 0.05) is 36.8 Å². The molecule has 2 saturated heterocycles. The molecular weight excluding hydrogens is 440 g/mol. The number of anilines is 1. The molecule has 2 aliphatic rings. The predicted molar refractivity (Wildman–Crippen MR) is 136 cm³/mol. The molecule has 2 N–H and O–H groups in total. The van der Waals surface area contributed by atoms with E-state index in [1.54, 1.807) is 0 Å². The molecule has 3 aromatic carbocycles. The normalized spacial score (nSPS) is 19.9. The number of nitrogens with two attached hydrogens (primary N) is 1. The summed E-state index contributed by atoms with van der Waals surface area (Å²) in [4.78, 5) is 13.1. The van der Waals surface area contributed by atoms with Gasteiger partial charge in [0.1, 0.15) is 19.0 Å². The molecule has 2 fully saturated rings. The first-order chi connectivity index (χ1) is 17.0. The highest BCUT2D eigenvalue weighted by Crippen LogP contribution is 2.39. The molecule has 1 unspecified atom stereocenters. The van der Waals surface area contributed by atoms with E-state index in [1.165, 1.54) is 5.69 Å². The van der Waals surface area contributed by atoms with Crippen molar-refractivity contribution in [3.8, 4) is 16.9 Å². The Hall–Kier alpha value is -3.35. The van der Waals surface area contributed by atoms with Crippen LogP contribution in [0.3, 0.4) is 0 Å². The highest BCUT2D eigenvalue weighted by molar-refractivity contribution is 5.71. The van der Waals surface area contributed by atoms with E-state index in [-0.39, 0.29) is 18.2 Å². The molecule has 0 aliphatic carbocycles. The lowest BCUT2D eigenvalue weighted by atomic mass is 9.94. The van der Waals surface area contributed by atoms with Crippen LogP contribution < -0.4 is 15.4 Å². The van der Waals surface area contributed by atoms with Crippen molar-refractivity contribution in [1.29, 1.82) is 0 Å². The Labute approximate surface area is 206 Å². The lowest BCUT2D eigenvalue weighted by Gasteiger charge is -2.38. The van der Waals surface area contributed by atoms with Gasteiger partial charge in [-0.15, -0.1) is 0 Å². The van der Waals surface area contributed by atoms with Gasteiger partial charge in [-0.3, -0.25) is 4.79 Å². The average molecular weight is 473 g/mol. The SMILES string of the molecule is C[C@H](N)c1cccc(-c2cc(COc3ccccc3COC=O)cc(N3CCC4(CCO4)C3)c2)c1. The molecule has 0 radical (unpaired) electrons. The van der Waals surface area contributed by atoms with Crippen molar-refractivity contribution in [2.75, 3.05) is 24.6 Å². The van der Waals surface area contributed by atoms with Crippen LogP contribution in [0.4, 0.5) is 5.69 Å². The van der Waals surface area contributed by atoms with E-state index in [1.807, 2.05) is 31.2 Å².